The van der Waals surface area contributed by atoms with Gasteiger partial charge in [-0.2, -0.15) is 0 Å². The molecule has 5 nitrogen and oxygen atoms in total. The Labute approximate surface area is 136 Å². The summed E-state index contributed by atoms with van der Waals surface area (Å²) in [6.07, 6.45) is 0.0245. The van der Waals surface area contributed by atoms with E-state index < -0.39 is 23.9 Å². The summed E-state index contributed by atoms with van der Waals surface area (Å²) >= 11 is 0. The Morgan fingerprint density at radius 2 is 1.96 bits per heavy atom. The van der Waals surface area contributed by atoms with Crippen LogP contribution in [0.5, 0.6) is 0 Å². The van der Waals surface area contributed by atoms with Crippen LogP contribution in [0.4, 0.5) is 13.2 Å². The van der Waals surface area contributed by atoms with Gasteiger partial charge in [0, 0.05) is 23.5 Å². The highest BCUT2D eigenvalue weighted by Crippen LogP contribution is 2.39. The second-order valence-corrected chi connectivity index (χ2v) is 5.64. The molecule has 2 aromatic rings. The summed E-state index contributed by atoms with van der Waals surface area (Å²) < 4.78 is 46.4. The summed E-state index contributed by atoms with van der Waals surface area (Å²) in [5.41, 5.74) is 5.21. The second kappa shape index (κ2) is 6.20. The third-order valence-corrected chi connectivity index (χ3v) is 3.98. The summed E-state index contributed by atoms with van der Waals surface area (Å²) in [6, 6.07) is 4.18. The molecule has 8 heteroatoms. The highest BCUT2D eigenvalue weighted by Gasteiger charge is 2.46. The van der Waals surface area contributed by atoms with Crippen LogP contribution in [0.1, 0.15) is 12.5 Å². The van der Waals surface area contributed by atoms with Gasteiger partial charge in [-0.1, -0.05) is 6.07 Å². The van der Waals surface area contributed by atoms with E-state index in [4.69, 9.17) is 10.5 Å². The van der Waals surface area contributed by atoms with E-state index in [1.807, 2.05) is 0 Å². The van der Waals surface area contributed by atoms with Crippen molar-refractivity contribution in [1.29, 1.82) is 0 Å². The molecule has 0 saturated carbocycles. The Morgan fingerprint density at radius 3 is 2.62 bits per heavy atom. The number of aliphatic imine (C=N–C) groups is 1. The number of ether oxygens (including phenoxy) is 1. The van der Waals surface area contributed by atoms with Gasteiger partial charge in [-0.25, -0.2) is 23.1 Å². The molecule has 1 aromatic carbocycles. The van der Waals surface area contributed by atoms with Crippen molar-refractivity contribution in [1.82, 2.24) is 9.97 Å². The summed E-state index contributed by atoms with van der Waals surface area (Å²) in [5, 5.41) is 0. The third-order valence-electron chi connectivity index (χ3n) is 3.98. The number of hydrogen-bond donors (Lipinski definition) is 1. The van der Waals surface area contributed by atoms with Gasteiger partial charge >= 0.3 is 0 Å². The predicted molar refractivity (Wildman–Crippen MR) is 82.1 cm³/mol. The summed E-state index contributed by atoms with van der Waals surface area (Å²) in [6.45, 7) is 1.18. The maximum absolute atomic E-state index is 14.4. The minimum Gasteiger partial charge on any atom is -0.386 e. The van der Waals surface area contributed by atoms with E-state index in [-0.39, 0.29) is 18.0 Å². The van der Waals surface area contributed by atoms with Gasteiger partial charge < -0.3 is 10.5 Å². The fourth-order valence-corrected chi connectivity index (χ4v) is 2.80. The SMILES string of the molecule is C[C@]1(c2cc(-c3cncnc3)ccc2F)N=C(N)COC1C(F)F. The van der Waals surface area contributed by atoms with Gasteiger partial charge in [-0.15, -0.1) is 0 Å². The smallest absolute Gasteiger partial charge is 0.267 e. The summed E-state index contributed by atoms with van der Waals surface area (Å²) in [4.78, 5) is 11.9. The molecule has 3 rings (SSSR count). The molecule has 1 aliphatic rings. The van der Waals surface area contributed by atoms with Gasteiger partial charge in [0.2, 0.25) is 0 Å². The summed E-state index contributed by atoms with van der Waals surface area (Å²) in [7, 11) is 0. The first-order valence-electron chi connectivity index (χ1n) is 7.21. The van der Waals surface area contributed by atoms with Gasteiger partial charge in [0.25, 0.3) is 6.43 Å². The lowest BCUT2D eigenvalue weighted by Crippen LogP contribution is -2.49. The molecule has 1 unspecified atom stereocenters. The molecule has 1 aliphatic heterocycles. The van der Waals surface area contributed by atoms with Crippen molar-refractivity contribution in [3.8, 4) is 11.1 Å². The lowest BCUT2D eigenvalue weighted by Gasteiger charge is -2.38. The van der Waals surface area contributed by atoms with Gasteiger partial charge in [0.15, 0.2) is 0 Å². The molecule has 0 spiro atoms. The first kappa shape index (κ1) is 16.4. The van der Waals surface area contributed by atoms with Gasteiger partial charge in [-0.3, -0.25) is 4.99 Å². The number of hydrogen-bond acceptors (Lipinski definition) is 5. The van der Waals surface area contributed by atoms with Crippen LogP contribution in [-0.4, -0.2) is 34.9 Å². The number of amidine groups is 1. The highest BCUT2D eigenvalue weighted by molar-refractivity contribution is 5.83. The average molecular weight is 336 g/mol. The molecule has 0 bridgehead atoms. The number of halogens is 3. The normalized spacial score (nSPS) is 24.0. The topological polar surface area (TPSA) is 73.4 Å². The van der Waals surface area contributed by atoms with Gasteiger partial charge in [0.1, 0.15) is 36.2 Å². The van der Waals surface area contributed by atoms with Crippen molar-refractivity contribution in [2.75, 3.05) is 6.61 Å². The van der Waals surface area contributed by atoms with E-state index in [2.05, 4.69) is 15.0 Å². The van der Waals surface area contributed by atoms with E-state index in [0.717, 1.165) is 0 Å². The molecule has 0 radical (unpaired) electrons. The standard InChI is InChI=1S/C16H15F3N4O/c1-16(14(15(18)19)24-7-13(20)23-16)11-4-9(2-3-12(11)17)10-5-21-8-22-6-10/h2-6,8,14-15H,7H2,1H3,(H2,20,23)/t14?,16-/m1/s1. The second-order valence-electron chi connectivity index (χ2n) is 5.64. The molecule has 1 aromatic heterocycles. The summed E-state index contributed by atoms with van der Waals surface area (Å²) in [5.74, 6) is -0.618. The lowest BCUT2D eigenvalue weighted by molar-refractivity contribution is -0.0883. The van der Waals surface area contributed by atoms with E-state index >= 15 is 0 Å². The Morgan fingerprint density at radius 1 is 1.25 bits per heavy atom. The maximum Gasteiger partial charge on any atom is 0.267 e. The van der Waals surface area contributed by atoms with Gasteiger partial charge in [-0.05, 0) is 24.6 Å². The van der Waals surface area contributed by atoms with E-state index in [1.54, 1.807) is 12.4 Å². The fraction of sp³-hybridized carbons (Fsp3) is 0.312. The quantitative estimate of drug-likeness (QED) is 0.935. The van der Waals surface area contributed by atoms with Crippen molar-refractivity contribution in [2.24, 2.45) is 10.7 Å². The molecule has 2 heterocycles. The minimum atomic E-state index is -2.84. The van der Waals surface area contributed by atoms with Gasteiger partial charge in [0.05, 0.1) is 0 Å². The number of rotatable bonds is 3. The largest absolute Gasteiger partial charge is 0.386 e. The fourth-order valence-electron chi connectivity index (χ4n) is 2.80. The van der Waals surface area contributed by atoms with Crippen LogP contribution in [0, 0.1) is 5.82 Å². The molecular formula is C16H15F3N4O. The minimum absolute atomic E-state index is 0.0168. The number of benzene rings is 1. The molecule has 2 N–H and O–H groups in total. The van der Waals surface area contributed by atoms with Crippen LogP contribution in [0.15, 0.2) is 41.9 Å². The van der Waals surface area contributed by atoms with Crippen molar-refractivity contribution in [2.45, 2.75) is 25.0 Å². The lowest BCUT2D eigenvalue weighted by atomic mass is 9.84. The molecule has 126 valence electrons. The van der Waals surface area contributed by atoms with Crippen LogP contribution in [-0.2, 0) is 10.3 Å². The molecule has 0 amide bonds. The highest BCUT2D eigenvalue weighted by atomic mass is 19.3. The van der Waals surface area contributed by atoms with Crippen LogP contribution in [0.2, 0.25) is 0 Å². The Balaban J connectivity index is 2.14. The number of alkyl halides is 2. The third kappa shape index (κ3) is 2.84. The van der Waals surface area contributed by atoms with Crippen LogP contribution >= 0.6 is 0 Å². The van der Waals surface area contributed by atoms with E-state index in [1.165, 1.54) is 31.5 Å². The molecular weight excluding hydrogens is 321 g/mol. The van der Waals surface area contributed by atoms with Crippen LogP contribution < -0.4 is 5.73 Å². The zero-order chi connectivity index (χ0) is 17.3. The molecule has 0 aliphatic carbocycles. The first-order chi connectivity index (χ1) is 11.4. The van der Waals surface area contributed by atoms with Crippen molar-refractivity contribution in [3.63, 3.8) is 0 Å². The van der Waals surface area contributed by atoms with Crippen LogP contribution in [0.3, 0.4) is 0 Å². The maximum atomic E-state index is 14.4. The molecule has 24 heavy (non-hydrogen) atoms. The van der Waals surface area contributed by atoms with Crippen molar-refractivity contribution >= 4 is 5.84 Å². The zero-order valence-corrected chi connectivity index (χ0v) is 12.8. The number of nitrogens with two attached hydrogens (primary N) is 1. The average Bonchev–Trinajstić information content (AvgIpc) is 2.55. The predicted octanol–water partition coefficient (Wildman–Crippen LogP) is 2.52. The van der Waals surface area contributed by atoms with E-state index in [9.17, 15) is 13.2 Å². The van der Waals surface area contributed by atoms with Crippen molar-refractivity contribution in [3.05, 3.63) is 48.3 Å². The molecule has 0 saturated heterocycles. The zero-order valence-electron chi connectivity index (χ0n) is 12.8. The van der Waals surface area contributed by atoms with Crippen molar-refractivity contribution < 1.29 is 17.9 Å². The Bertz CT molecular complexity index is 769. The monoisotopic (exact) mass is 336 g/mol. The van der Waals surface area contributed by atoms with E-state index in [0.29, 0.717) is 11.1 Å². The molecule has 0 fully saturated rings. The number of aromatic nitrogens is 2. The Hall–Kier alpha value is -2.48. The van der Waals surface area contributed by atoms with Crippen LogP contribution in [0.25, 0.3) is 11.1 Å². The Kier molecular flexibility index (Phi) is 4.23. The molecule has 2 atom stereocenters. The first-order valence-corrected chi connectivity index (χ1v) is 7.21. The number of nitrogens with zero attached hydrogens (tertiary/aromatic N) is 3.